The summed E-state index contributed by atoms with van der Waals surface area (Å²) in [5, 5.41) is 18.4. The van der Waals surface area contributed by atoms with Crippen molar-refractivity contribution >= 4 is 27.8 Å². The van der Waals surface area contributed by atoms with E-state index in [0.717, 1.165) is 23.5 Å². The van der Waals surface area contributed by atoms with Crippen molar-refractivity contribution in [1.29, 1.82) is 0 Å². The predicted molar refractivity (Wildman–Crippen MR) is 93.5 cm³/mol. The van der Waals surface area contributed by atoms with Crippen LogP contribution in [-0.2, 0) is 12.8 Å². The zero-order chi connectivity index (χ0) is 15.8. The molecule has 0 bridgehead atoms. The molecule has 3 heterocycles. The molecule has 0 spiro atoms. The molecule has 0 N–H and O–H groups in total. The lowest BCUT2D eigenvalue weighted by molar-refractivity contribution is 0.667. The van der Waals surface area contributed by atoms with Crippen molar-refractivity contribution in [1.82, 2.24) is 10.2 Å². The topological polar surface area (TPSA) is 53.7 Å². The van der Waals surface area contributed by atoms with Gasteiger partial charge in [-0.2, -0.15) is 0 Å². The van der Waals surface area contributed by atoms with Crippen LogP contribution in [0.3, 0.4) is 0 Å². The molecule has 5 nitrogen and oxygen atoms in total. The Morgan fingerprint density at radius 3 is 2.74 bits per heavy atom. The second kappa shape index (κ2) is 6.00. The maximum atomic E-state index is 4.50. The number of anilines is 1. The maximum absolute atomic E-state index is 4.50. The molecule has 0 saturated heterocycles. The van der Waals surface area contributed by atoms with Gasteiger partial charge in [0.2, 0.25) is 0 Å². The van der Waals surface area contributed by atoms with Crippen LogP contribution in [0.15, 0.2) is 16.3 Å². The molecule has 0 amide bonds. The summed E-state index contributed by atoms with van der Waals surface area (Å²) in [5.41, 5.74) is 6.71. The standard InChI is InChI=1S/C17H21N5S/c1-11-14-7-3-4-8-22-9-5-6-13(16(14)22)10-15(11)19-21-17-20-18-12(2)23-17/h10H,3-9H2,1-2H3. The van der Waals surface area contributed by atoms with Gasteiger partial charge in [-0.1, -0.05) is 11.3 Å². The van der Waals surface area contributed by atoms with E-state index in [2.05, 4.69) is 38.3 Å². The van der Waals surface area contributed by atoms with Crippen LogP contribution in [0.25, 0.3) is 0 Å². The molecule has 6 heteroatoms. The Morgan fingerprint density at radius 2 is 1.91 bits per heavy atom. The number of aromatic nitrogens is 2. The van der Waals surface area contributed by atoms with E-state index in [1.54, 1.807) is 0 Å². The van der Waals surface area contributed by atoms with Crippen molar-refractivity contribution < 1.29 is 0 Å². The summed E-state index contributed by atoms with van der Waals surface area (Å²) in [4.78, 5) is 2.59. The Kier molecular flexibility index (Phi) is 3.85. The lowest BCUT2D eigenvalue weighted by Gasteiger charge is -2.32. The van der Waals surface area contributed by atoms with E-state index in [1.165, 1.54) is 66.1 Å². The van der Waals surface area contributed by atoms with E-state index in [0.29, 0.717) is 5.13 Å². The first-order valence-electron chi connectivity index (χ1n) is 8.34. The molecule has 2 aromatic rings. The third-order valence-corrected chi connectivity index (χ3v) is 5.51. The quantitative estimate of drug-likeness (QED) is 0.754. The summed E-state index contributed by atoms with van der Waals surface area (Å²) in [5.74, 6) is 0. The van der Waals surface area contributed by atoms with Crippen molar-refractivity contribution in [3.63, 3.8) is 0 Å². The molecule has 0 aliphatic carbocycles. The van der Waals surface area contributed by atoms with Gasteiger partial charge >= 0.3 is 0 Å². The molecule has 0 radical (unpaired) electrons. The molecule has 0 saturated carbocycles. The fourth-order valence-corrected chi connectivity index (χ4v) is 4.19. The molecule has 4 rings (SSSR count). The van der Waals surface area contributed by atoms with Gasteiger partial charge in [-0.15, -0.1) is 20.4 Å². The number of hydrogen-bond donors (Lipinski definition) is 0. The highest BCUT2D eigenvalue weighted by molar-refractivity contribution is 7.14. The number of nitrogens with zero attached hydrogens (tertiary/aromatic N) is 5. The number of hydrogen-bond acceptors (Lipinski definition) is 6. The highest BCUT2D eigenvalue weighted by Crippen LogP contribution is 2.40. The minimum absolute atomic E-state index is 0.632. The molecule has 2 aliphatic heterocycles. The number of benzene rings is 1. The maximum Gasteiger partial charge on any atom is 0.251 e. The highest BCUT2D eigenvalue weighted by atomic mass is 32.1. The van der Waals surface area contributed by atoms with Crippen LogP contribution in [0.5, 0.6) is 0 Å². The lowest BCUT2D eigenvalue weighted by atomic mass is 9.92. The summed E-state index contributed by atoms with van der Waals surface area (Å²) in [6.07, 6.45) is 6.10. The van der Waals surface area contributed by atoms with Gasteiger partial charge in [-0.05, 0) is 68.7 Å². The fourth-order valence-electron chi connectivity index (χ4n) is 3.69. The van der Waals surface area contributed by atoms with E-state index in [-0.39, 0.29) is 0 Å². The molecule has 0 atom stereocenters. The normalized spacial score (nSPS) is 17.4. The van der Waals surface area contributed by atoms with Crippen molar-refractivity contribution in [2.45, 2.75) is 46.0 Å². The molecule has 2 aliphatic rings. The van der Waals surface area contributed by atoms with Crippen molar-refractivity contribution in [2.24, 2.45) is 10.2 Å². The van der Waals surface area contributed by atoms with Gasteiger partial charge in [-0.3, -0.25) is 0 Å². The summed E-state index contributed by atoms with van der Waals surface area (Å²) >= 11 is 1.48. The van der Waals surface area contributed by atoms with Crippen LogP contribution in [0.1, 0.15) is 41.0 Å². The Hall–Kier alpha value is -1.82. The van der Waals surface area contributed by atoms with Crippen LogP contribution in [0.2, 0.25) is 0 Å². The first-order chi connectivity index (χ1) is 11.2. The highest BCUT2D eigenvalue weighted by Gasteiger charge is 2.25. The fraction of sp³-hybridized carbons (Fsp3) is 0.529. The first kappa shape index (κ1) is 14.8. The minimum Gasteiger partial charge on any atom is -0.371 e. The SMILES string of the molecule is Cc1nnc(N=Nc2cc3c4c(c2C)CCCCN4CCC3)s1. The Labute approximate surface area is 140 Å². The zero-order valence-electron chi connectivity index (χ0n) is 13.7. The van der Waals surface area contributed by atoms with Gasteiger partial charge in [0.1, 0.15) is 5.01 Å². The Balaban J connectivity index is 1.77. The summed E-state index contributed by atoms with van der Waals surface area (Å²) in [7, 11) is 0. The van der Waals surface area contributed by atoms with E-state index in [9.17, 15) is 0 Å². The summed E-state index contributed by atoms with van der Waals surface area (Å²) < 4.78 is 0. The lowest BCUT2D eigenvalue weighted by Crippen LogP contribution is -2.30. The zero-order valence-corrected chi connectivity index (χ0v) is 14.5. The van der Waals surface area contributed by atoms with Gasteiger partial charge in [0.05, 0.1) is 5.69 Å². The average molecular weight is 327 g/mol. The van der Waals surface area contributed by atoms with Gasteiger partial charge in [0, 0.05) is 18.8 Å². The van der Waals surface area contributed by atoms with Gasteiger partial charge in [0.15, 0.2) is 0 Å². The molecule has 1 aromatic heterocycles. The van der Waals surface area contributed by atoms with Gasteiger partial charge < -0.3 is 4.90 Å². The monoisotopic (exact) mass is 327 g/mol. The van der Waals surface area contributed by atoms with E-state index >= 15 is 0 Å². The van der Waals surface area contributed by atoms with Crippen LogP contribution >= 0.6 is 11.3 Å². The van der Waals surface area contributed by atoms with Crippen LogP contribution in [0, 0.1) is 13.8 Å². The Bertz CT molecular complexity index is 765. The molecular weight excluding hydrogens is 306 g/mol. The molecule has 120 valence electrons. The third kappa shape index (κ3) is 2.76. The van der Waals surface area contributed by atoms with Crippen molar-refractivity contribution in [3.8, 4) is 0 Å². The second-order valence-electron chi connectivity index (χ2n) is 6.36. The third-order valence-electron chi connectivity index (χ3n) is 4.79. The summed E-state index contributed by atoms with van der Waals surface area (Å²) in [6, 6.07) is 2.24. The molecule has 0 fully saturated rings. The number of rotatable bonds is 2. The first-order valence-corrected chi connectivity index (χ1v) is 9.16. The van der Waals surface area contributed by atoms with Crippen molar-refractivity contribution in [3.05, 3.63) is 27.8 Å². The number of azo groups is 1. The van der Waals surface area contributed by atoms with Crippen LogP contribution in [0.4, 0.5) is 16.5 Å². The molecule has 0 unspecified atom stereocenters. The van der Waals surface area contributed by atoms with Gasteiger partial charge in [-0.25, -0.2) is 0 Å². The molecule has 1 aromatic carbocycles. The smallest absolute Gasteiger partial charge is 0.251 e. The summed E-state index contributed by atoms with van der Waals surface area (Å²) in [6.45, 7) is 6.52. The van der Waals surface area contributed by atoms with E-state index in [1.807, 2.05) is 6.92 Å². The number of aryl methyl sites for hydroxylation is 2. The van der Waals surface area contributed by atoms with Crippen LogP contribution in [-0.4, -0.2) is 23.3 Å². The second-order valence-corrected chi connectivity index (χ2v) is 7.52. The largest absolute Gasteiger partial charge is 0.371 e. The van der Waals surface area contributed by atoms with Crippen molar-refractivity contribution in [2.75, 3.05) is 18.0 Å². The van der Waals surface area contributed by atoms with E-state index < -0.39 is 0 Å². The minimum atomic E-state index is 0.632. The average Bonchev–Trinajstić information content (AvgIpc) is 2.84. The molecular formula is C17H21N5S. The molecule has 23 heavy (non-hydrogen) atoms. The van der Waals surface area contributed by atoms with E-state index in [4.69, 9.17) is 0 Å². The van der Waals surface area contributed by atoms with Crippen LogP contribution < -0.4 is 4.90 Å². The predicted octanol–water partition coefficient (Wildman–Crippen LogP) is 4.66. The Morgan fingerprint density at radius 1 is 1.04 bits per heavy atom. The van der Waals surface area contributed by atoms with Gasteiger partial charge in [0.25, 0.3) is 5.13 Å².